The second-order valence-corrected chi connectivity index (χ2v) is 7.11. The van der Waals surface area contributed by atoms with Crippen molar-refractivity contribution in [3.63, 3.8) is 0 Å². The Bertz CT molecular complexity index is 565. The van der Waals surface area contributed by atoms with Gasteiger partial charge in [0, 0.05) is 35.8 Å². The van der Waals surface area contributed by atoms with Crippen LogP contribution in [0.2, 0.25) is 0 Å². The fraction of sp³-hybridized carbons (Fsp3) is 0.529. The maximum Gasteiger partial charge on any atom is 0.253 e. The minimum absolute atomic E-state index is 0. The van der Waals surface area contributed by atoms with Crippen LogP contribution in [0.5, 0.6) is 0 Å². The Kier molecular flexibility index (Phi) is 8.59. The molecule has 2 rings (SSSR count). The number of hydrogen-bond donors (Lipinski definition) is 2. The van der Waals surface area contributed by atoms with Crippen molar-refractivity contribution in [2.45, 2.75) is 26.3 Å². The number of amides is 2. The van der Waals surface area contributed by atoms with Crippen LogP contribution in [0.4, 0.5) is 5.69 Å². The van der Waals surface area contributed by atoms with Crippen LogP contribution >= 0.6 is 24.2 Å². The SMILES string of the molecule is CCC(C)C(N)C(=O)Nc1cccc(C(=O)N2CCSCC2)c1.Cl. The molecule has 1 heterocycles. The molecule has 2 atom stereocenters. The first kappa shape index (κ1) is 20.8. The first-order valence-corrected chi connectivity index (χ1v) is 9.22. The lowest BCUT2D eigenvalue weighted by Gasteiger charge is -2.26. The van der Waals surface area contributed by atoms with Crippen LogP contribution in [0.3, 0.4) is 0 Å². The summed E-state index contributed by atoms with van der Waals surface area (Å²) >= 11 is 1.87. The van der Waals surface area contributed by atoms with E-state index in [0.29, 0.717) is 11.3 Å². The molecule has 1 aliphatic rings. The van der Waals surface area contributed by atoms with Gasteiger partial charge in [-0.2, -0.15) is 11.8 Å². The molecule has 0 saturated carbocycles. The first-order valence-electron chi connectivity index (χ1n) is 8.06. The van der Waals surface area contributed by atoms with E-state index in [-0.39, 0.29) is 30.1 Å². The van der Waals surface area contributed by atoms with Crippen molar-refractivity contribution in [3.05, 3.63) is 29.8 Å². The fourth-order valence-electron chi connectivity index (χ4n) is 2.42. The average molecular weight is 372 g/mol. The normalized spacial score (nSPS) is 16.7. The maximum absolute atomic E-state index is 12.5. The number of nitrogens with zero attached hydrogens (tertiary/aromatic N) is 1. The summed E-state index contributed by atoms with van der Waals surface area (Å²) in [7, 11) is 0. The Hall–Kier alpha value is -1.24. The number of nitrogens with one attached hydrogen (secondary N) is 1. The minimum Gasteiger partial charge on any atom is -0.337 e. The van der Waals surface area contributed by atoms with Crippen molar-refractivity contribution in [1.82, 2.24) is 4.90 Å². The summed E-state index contributed by atoms with van der Waals surface area (Å²) in [4.78, 5) is 26.5. The van der Waals surface area contributed by atoms with Crippen molar-refractivity contribution >= 4 is 41.7 Å². The molecule has 1 fully saturated rings. The summed E-state index contributed by atoms with van der Waals surface area (Å²) in [6, 6.07) is 6.54. The van der Waals surface area contributed by atoms with Crippen LogP contribution in [-0.2, 0) is 4.79 Å². The quantitative estimate of drug-likeness (QED) is 0.834. The van der Waals surface area contributed by atoms with E-state index in [1.54, 1.807) is 24.3 Å². The van der Waals surface area contributed by atoms with Crippen molar-refractivity contribution in [2.24, 2.45) is 11.7 Å². The summed E-state index contributed by atoms with van der Waals surface area (Å²) in [6.45, 7) is 5.52. The Morgan fingerprint density at radius 1 is 1.33 bits per heavy atom. The number of benzene rings is 1. The Morgan fingerprint density at radius 2 is 2.00 bits per heavy atom. The van der Waals surface area contributed by atoms with Crippen LogP contribution in [0.25, 0.3) is 0 Å². The van der Waals surface area contributed by atoms with Crippen LogP contribution in [0.1, 0.15) is 30.6 Å². The topological polar surface area (TPSA) is 75.4 Å². The highest BCUT2D eigenvalue weighted by molar-refractivity contribution is 7.99. The Labute approximate surface area is 154 Å². The van der Waals surface area contributed by atoms with E-state index in [1.165, 1.54) is 0 Å². The third-order valence-electron chi connectivity index (χ3n) is 4.24. The monoisotopic (exact) mass is 371 g/mol. The number of halogens is 1. The number of anilines is 1. The Balaban J connectivity index is 0.00000288. The van der Waals surface area contributed by atoms with Crippen LogP contribution in [0, 0.1) is 5.92 Å². The molecule has 5 nitrogen and oxygen atoms in total. The van der Waals surface area contributed by atoms with Crippen LogP contribution in [-0.4, -0.2) is 47.4 Å². The summed E-state index contributed by atoms with van der Waals surface area (Å²) in [5.74, 6) is 1.88. The zero-order chi connectivity index (χ0) is 16.8. The van der Waals surface area contributed by atoms with E-state index >= 15 is 0 Å². The molecule has 24 heavy (non-hydrogen) atoms. The number of nitrogens with two attached hydrogens (primary N) is 1. The molecule has 1 aliphatic heterocycles. The highest BCUT2D eigenvalue weighted by atomic mass is 35.5. The third-order valence-corrected chi connectivity index (χ3v) is 5.18. The zero-order valence-electron chi connectivity index (χ0n) is 14.2. The maximum atomic E-state index is 12.5. The molecule has 0 bridgehead atoms. The number of rotatable bonds is 5. The molecule has 7 heteroatoms. The third kappa shape index (κ3) is 5.40. The molecule has 0 spiro atoms. The Morgan fingerprint density at radius 3 is 2.62 bits per heavy atom. The minimum atomic E-state index is -0.543. The highest BCUT2D eigenvalue weighted by Crippen LogP contribution is 2.17. The van der Waals surface area contributed by atoms with Gasteiger partial charge in [-0.05, 0) is 24.1 Å². The van der Waals surface area contributed by atoms with Crippen molar-refractivity contribution in [3.8, 4) is 0 Å². The summed E-state index contributed by atoms with van der Waals surface area (Å²) in [6.07, 6.45) is 0.847. The van der Waals surface area contributed by atoms with Gasteiger partial charge in [0.2, 0.25) is 5.91 Å². The molecule has 1 aromatic rings. The van der Waals surface area contributed by atoms with E-state index in [0.717, 1.165) is 31.0 Å². The fourth-order valence-corrected chi connectivity index (χ4v) is 3.32. The molecular formula is C17H26ClN3O2S. The second kappa shape index (κ2) is 9.91. The van der Waals surface area contributed by atoms with Gasteiger partial charge in [0.15, 0.2) is 0 Å². The van der Waals surface area contributed by atoms with Crippen LogP contribution < -0.4 is 11.1 Å². The van der Waals surface area contributed by atoms with Gasteiger partial charge >= 0.3 is 0 Å². The van der Waals surface area contributed by atoms with Gasteiger partial charge in [-0.25, -0.2) is 0 Å². The number of carbonyl (C=O) groups excluding carboxylic acids is 2. The number of hydrogen-bond acceptors (Lipinski definition) is 4. The van der Waals surface area contributed by atoms with E-state index in [9.17, 15) is 9.59 Å². The smallest absolute Gasteiger partial charge is 0.253 e. The van der Waals surface area contributed by atoms with Crippen LogP contribution in [0.15, 0.2) is 24.3 Å². The highest BCUT2D eigenvalue weighted by Gasteiger charge is 2.21. The van der Waals surface area contributed by atoms with Gasteiger partial charge in [0.25, 0.3) is 5.91 Å². The van der Waals surface area contributed by atoms with Crippen molar-refractivity contribution < 1.29 is 9.59 Å². The van der Waals surface area contributed by atoms with Gasteiger partial charge in [0.1, 0.15) is 0 Å². The van der Waals surface area contributed by atoms with E-state index in [1.807, 2.05) is 30.5 Å². The predicted molar refractivity (Wildman–Crippen MR) is 103 cm³/mol. The molecule has 1 saturated heterocycles. The van der Waals surface area contributed by atoms with Gasteiger partial charge in [-0.15, -0.1) is 12.4 Å². The number of carbonyl (C=O) groups is 2. The molecule has 1 aromatic carbocycles. The lowest BCUT2D eigenvalue weighted by molar-refractivity contribution is -0.118. The van der Waals surface area contributed by atoms with Gasteiger partial charge < -0.3 is 16.0 Å². The zero-order valence-corrected chi connectivity index (χ0v) is 15.8. The van der Waals surface area contributed by atoms with Gasteiger partial charge in [-0.1, -0.05) is 26.3 Å². The summed E-state index contributed by atoms with van der Waals surface area (Å²) < 4.78 is 0. The van der Waals surface area contributed by atoms with E-state index < -0.39 is 6.04 Å². The lowest BCUT2D eigenvalue weighted by atomic mass is 9.99. The van der Waals surface area contributed by atoms with Crippen molar-refractivity contribution in [2.75, 3.05) is 29.9 Å². The molecule has 0 aromatic heterocycles. The molecule has 134 valence electrons. The van der Waals surface area contributed by atoms with Gasteiger partial charge in [0.05, 0.1) is 6.04 Å². The van der Waals surface area contributed by atoms with E-state index in [4.69, 9.17) is 5.73 Å². The molecule has 0 radical (unpaired) electrons. The molecule has 0 aliphatic carbocycles. The molecular weight excluding hydrogens is 346 g/mol. The lowest BCUT2D eigenvalue weighted by Crippen LogP contribution is -2.40. The number of thioether (sulfide) groups is 1. The second-order valence-electron chi connectivity index (χ2n) is 5.89. The van der Waals surface area contributed by atoms with Gasteiger partial charge in [-0.3, -0.25) is 9.59 Å². The van der Waals surface area contributed by atoms with E-state index in [2.05, 4.69) is 5.32 Å². The molecule has 3 N–H and O–H groups in total. The predicted octanol–water partition coefficient (Wildman–Crippen LogP) is 2.61. The molecule has 2 unspecified atom stereocenters. The summed E-state index contributed by atoms with van der Waals surface area (Å²) in [5.41, 5.74) is 7.16. The first-order chi connectivity index (χ1) is 11.0. The standard InChI is InChI=1S/C17H25N3O2S.ClH/c1-3-12(2)15(18)16(21)19-14-6-4-5-13(11-14)17(22)20-7-9-23-10-8-20;/h4-6,11-12,15H,3,7-10,18H2,1-2H3,(H,19,21);1H. The largest absolute Gasteiger partial charge is 0.337 e. The van der Waals surface area contributed by atoms with Crippen molar-refractivity contribution in [1.29, 1.82) is 0 Å². The summed E-state index contributed by atoms with van der Waals surface area (Å²) in [5, 5.41) is 2.82. The average Bonchev–Trinajstić information content (AvgIpc) is 2.60. The molecule has 2 amide bonds.